The lowest BCUT2D eigenvalue weighted by Gasteiger charge is -2.21. The Morgan fingerprint density at radius 1 is 1.18 bits per heavy atom. The molecule has 1 atom stereocenters. The summed E-state index contributed by atoms with van der Waals surface area (Å²) in [6.45, 7) is 6.24. The summed E-state index contributed by atoms with van der Waals surface area (Å²) in [7, 11) is 0. The number of anilines is 1. The topological polar surface area (TPSA) is 34.0 Å². The van der Waals surface area contributed by atoms with Crippen LogP contribution in [0.5, 0.6) is 0 Å². The van der Waals surface area contributed by atoms with Crippen LogP contribution in [0, 0.1) is 13.8 Å². The highest BCUT2D eigenvalue weighted by Crippen LogP contribution is 2.32. The molecule has 4 rings (SSSR count). The maximum absolute atomic E-state index is 4.64. The van der Waals surface area contributed by atoms with Crippen LogP contribution in [-0.2, 0) is 0 Å². The van der Waals surface area contributed by atoms with Crippen molar-refractivity contribution in [3.05, 3.63) is 54.0 Å². The first-order valence-corrected chi connectivity index (χ1v) is 7.83. The molecule has 0 aliphatic carbocycles. The molecule has 4 heteroatoms. The van der Waals surface area contributed by atoms with Crippen molar-refractivity contribution in [1.82, 2.24) is 14.8 Å². The van der Waals surface area contributed by atoms with E-state index in [0.717, 1.165) is 30.7 Å². The van der Waals surface area contributed by atoms with Crippen LogP contribution >= 0.6 is 0 Å². The molecule has 0 bridgehead atoms. The van der Waals surface area contributed by atoms with Gasteiger partial charge in [0.25, 0.3) is 0 Å². The number of para-hydroxylation sites is 1. The fourth-order valence-corrected chi connectivity index (χ4v) is 3.36. The molecular weight excluding hydrogens is 272 g/mol. The van der Waals surface area contributed by atoms with Gasteiger partial charge >= 0.3 is 0 Å². The van der Waals surface area contributed by atoms with Crippen molar-refractivity contribution >= 4 is 16.6 Å². The van der Waals surface area contributed by atoms with Gasteiger partial charge in [-0.25, -0.2) is 0 Å². The van der Waals surface area contributed by atoms with Crippen molar-refractivity contribution in [3.63, 3.8) is 0 Å². The van der Waals surface area contributed by atoms with Crippen LogP contribution in [0.1, 0.15) is 23.7 Å². The van der Waals surface area contributed by atoms with Gasteiger partial charge in [-0.05, 0) is 38.0 Å². The summed E-state index contributed by atoms with van der Waals surface area (Å²) in [5.41, 5.74) is 4.68. The summed E-state index contributed by atoms with van der Waals surface area (Å²) in [6.07, 6.45) is 5.22. The number of benzene rings is 1. The molecule has 1 unspecified atom stereocenters. The fraction of sp³-hybridized carbons (Fsp3) is 0.333. The van der Waals surface area contributed by atoms with E-state index < -0.39 is 0 Å². The van der Waals surface area contributed by atoms with Gasteiger partial charge in [0.05, 0.1) is 17.8 Å². The Labute approximate surface area is 130 Å². The van der Waals surface area contributed by atoms with E-state index in [9.17, 15) is 0 Å². The molecule has 112 valence electrons. The number of hydrogen-bond donors (Lipinski definition) is 0. The Balaban J connectivity index is 1.68. The molecule has 0 amide bonds. The largest absolute Gasteiger partial charge is 0.369 e. The molecule has 1 aromatic carbocycles. The number of nitrogens with zero attached hydrogens (tertiary/aromatic N) is 4. The predicted octanol–water partition coefficient (Wildman–Crippen LogP) is 3.50. The maximum Gasteiger partial charge on any atom is 0.0726 e. The van der Waals surface area contributed by atoms with Crippen LogP contribution in [0.2, 0.25) is 0 Å². The molecule has 1 fully saturated rings. The number of rotatable bonds is 2. The monoisotopic (exact) mass is 292 g/mol. The van der Waals surface area contributed by atoms with E-state index in [2.05, 4.69) is 70.0 Å². The zero-order valence-corrected chi connectivity index (χ0v) is 13.0. The molecule has 1 aliphatic rings. The highest BCUT2D eigenvalue weighted by molar-refractivity contribution is 5.92. The molecule has 22 heavy (non-hydrogen) atoms. The summed E-state index contributed by atoms with van der Waals surface area (Å²) in [5, 5.41) is 5.72. The first-order valence-electron chi connectivity index (χ1n) is 7.83. The number of hydrogen-bond acceptors (Lipinski definition) is 3. The van der Waals surface area contributed by atoms with Gasteiger partial charge in [0.1, 0.15) is 0 Å². The predicted molar refractivity (Wildman–Crippen MR) is 89.3 cm³/mol. The summed E-state index contributed by atoms with van der Waals surface area (Å²) < 4.78 is 2.12. The molecule has 0 saturated carbocycles. The van der Waals surface area contributed by atoms with Gasteiger partial charge in [0.2, 0.25) is 0 Å². The highest BCUT2D eigenvalue weighted by Gasteiger charge is 2.25. The Kier molecular flexibility index (Phi) is 3.10. The number of pyridine rings is 1. The normalized spacial score (nSPS) is 18.3. The average molecular weight is 292 g/mol. The van der Waals surface area contributed by atoms with E-state index in [1.54, 1.807) is 0 Å². The summed E-state index contributed by atoms with van der Waals surface area (Å²) in [4.78, 5) is 7.11. The minimum atomic E-state index is 0.459. The zero-order chi connectivity index (χ0) is 15.1. The maximum atomic E-state index is 4.64. The van der Waals surface area contributed by atoms with Gasteiger partial charge in [-0.15, -0.1) is 0 Å². The standard InChI is InChI=1S/C18H20N4/c1-13-10-19-22(11-13)15-7-8-21(12-15)18-9-14(2)20-17-6-4-3-5-16(17)18/h3-6,9-11,15H,7-8,12H2,1-2H3. The molecule has 2 aromatic heterocycles. The molecular formula is C18H20N4. The summed E-state index contributed by atoms with van der Waals surface area (Å²) in [6, 6.07) is 11.1. The van der Waals surface area contributed by atoms with Crippen LogP contribution in [0.3, 0.4) is 0 Å². The molecule has 1 aliphatic heterocycles. The SMILES string of the molecule is Cc1cnn(C2CCN(c3cc(C)nc4ccccc34)C2)c1. The third kappa shape index (κ3) is 2.25. The fourth-order valence-electron chi connectivity index (χ4n) is 3.36. The molecule has 0 spiro atoms. The van der Waals surface area contributed by atoms with Crippen molar-refractivity contribution in [2.45, 2.75) is 26.3 Å². The molecule has 0 N–H and O–H groups in total. The van der Waals surface area contributed by atoms with E-state index in [0.29, 0.717) is 6.04 Å². The average Bonchev–Trinajstić information content (AvgIpc) is 3.15. The lowest BCUT2D eigenvalue weighted by Crippen LogP contribution is -2.21. The smallest absolute Gasteiger partial charge is 0.0726 e. The first-order chi connectivity index (χ1) is 10.7. The van der Waals surface area contributed by atoms with Crippen molar-refractivity contribution < 1.29 is 0 Å². The van der Waals surface area contributed by atoms with Crippen molar-refractivity contribution in [1.29, 1.82) is 0 Å². The Morgan fingerprint density at radius 2 is 2.05 bits per heavy atom. The van der Waals surface area contributed by atoms with E-state index in [1.807, 2.05) is 6.20 Å². The second-order valence-electron chi connectivity index (χ2n) is 6.19. The van der Waals surface area contributed by atoms with Gasteiger partial charge < -0.3 is 4.90 Å². The van der Waals surface area contributed by atoms with Crippen LogP contribution in [0.25, 0.3) is 10.9 Å². The summed E-state index contributed by atoms with van der Waals surface area (Å²) in [5.74, 6) is 0. The molecule has 1 saturated heterocycles. The van der Waals surface area contributed by atoms with Gasteiger partial charge in [0.15, 0.2) is 0 Å². The zero-order valence-electron chi connectivity index (χ0n) is 13.0. The molecule has 4 nitrogen and oxygen atoms in total. The Morgan fingerprint density at radius 3 is 2.86 bits per heavy atom. The third-order valence-electron chi connectivity index (χ3n) is 4.43. The number of aryl methyl sites for hydroxylation is 2. The summed E-state index contributed by atoms with van der Waals surface area (Å²) >= 11 is 0. The van der Waals surface area contributed by atoms with E-state index >= 15 is 0 Å². The van der Waals surface area contributed by atoms with Crippen LogP contribution in [0.15, 0.2) is 42.7 Å². The quantitative estimate of drug-likeness (QED) is 0.725. The molecule has 3 aromatic rings. The minimum Gasteiger partial charge on any atom is -0.369 e. The number of fused-ring (bicyclic) bond motifs is 1. The lowest BCUT2D eigenvalue weighted by molar-refractivity contribution is 0.494. The van der Waals surface area contributed by atoms with E-state index in [-0.39, 0.29) is 0 Å². The Hall–Kier alpha value is -2.36. The number of aromatic nitrogens is 3. The van der Waals surface area contributed by atoms with Crippen molar-refractivity contribution in [3.8, 4) is 0 Å². The third-order valence-corrected chi connectivity index (χ3v) is 4.43. The first kappa shape index (κ1) is 13.3. The van der Waals surface area contributed by atoms with Gasteiger partial charge in [-0.1, -0.05) is 18.2 Å². The van der Waals surface area contributed by atoms with Crippen molar-refractivity contribution in [2.24, 2.45) is 0 Å². The Bertz CT molecular complexity index is 821. The lowest BCUT2D eigenvalue weighted by atomic mass is 10.1. The van der Waals surface area contributed by atoms with E-state index in [4.69, 9.17) is 0 Å². The second kappa shape index (κ2) is 5.13. The minimum absolute atomic E-state index is 0.459. The van der Waals surface area contributed by atoms with Crippen LogP contribution in [0.4, 0.5) is 5.69 Å². The van der Waals surface area contributed by atoms with Gasteiger partial charge in [0, 0.05) is 36.1 Å². The van der Waals surface area contributed by atoms with E-state index in [1.165, 1.54) is 16.6 Å². The van der Waals surface area contributed by atoms with Crippen LogP contribution in [-0.4, -0.2) is 27.9 Å². The van der Waals surface area contributed by atoms with Gasteiger partial charge in [-0.2, -0.15) is 5.10 Å². The van der Waals surface area contributed by atoms with Crippen LogP contribution < -0.4 is 4.90 Å². The van der Waals surface area contributed by atoms with Crippen molar-refractivity contribution in [2.75, 3.05) is 18.0 Å². The second-order valence-corrected chi connectivity index (χ2v) is 6.19. The molecule has 0 radical (unpaired) electrons. The molecule has 3 heterocycles. The van der Waals surface area contributed by atoms with Gasteiger partial charge in [-0.3, -0.25) is 9.67 Å². The highest BCUT2D eigenvalue weighted by atomic mass is 15.3.